The molecule has 0 radical (unpaired) electrons. The molecule has 0 fully saturated rings. The number of non-ortho nitro benzene ring substituents is 2. The van der Waals surface area contributed by atoms with E-state index in [1.807, 2.05) is 0 Å². The lowest BCUT2D eigenvalue weighted by molar-refractivity contribution is -0.384. The van der Waals surface area contributed by atoms with E-state index >= 15 is 0 Å². The van der Waals surface area contributed by atoms with Gasteiger partial charge in [0.25, 0.3) is 16.9 Å². The first-order valence-electron chi connectivity index (χ1n) is 11.7. The van der Waals surface area contributed by atoms with Crippen molar-refractivity contribution in [2.24, 2.45) is 0 Å². The number of rotatable bonds is 5. The van der Waals surface area contributed by atoms with Crippen LogP contribution in [0.4, 0.5) is 11.4 Å². The number of benzene rings is 2. The molecule has 0 N–H and O–H groups in total. The van der Waals surface area contributed by atoms with Crippen molar-refractivity contribution in [2.75, 3.05) is 0 Å². The van der Waals surface area contributed by atoms with E-state index in [0.29, 0.717) is 33.4 Å². The van der Waals surface area contributed by atoms with E-state index in [9.17, 15) is 29.8 Å². The number of esters is 1. The molecular formula is C26H18N4O8. The molecule has 2 aliphatic rings. The number of ether oxygens (including phenoxy) is 2. The van der Waals surface area contributed by atoms with Gasteiger partial charge in [-0.15, -0.1) is 0 Å². The highest BCUT2D eigenvalue weighted by Crippen LogP contribution is 2.42. The number of carbonyl (C=O) groups is 1. The van der Waals surface area contributed by atoms with E-state index in [1.54, 1.807) is 31.2 Å². The zero-order valence-corrected chi connectivity index (χ0v) is 19.9. The van der Waals surface area contributed by atoms with E-state index < -0.39 is 21.4 Å². The minimum atomic E-state index is -1.67. The normalized spacial score (nSPS) is 17.3. The van der Waals surface area contributed by atoms with Gasteiger partial charge in [-0.25, -0.2) is 9.78 Å². The van der Waals surface area contributed by atoms with Gasteiger partial charge < -0.3 is 14.0 Å². The summed E-state index contributed by atoms with van der Waals surface area (Å²) in [7, 11) is 0. The van der Waals surface area contributed by atoms with E-state index in [-0.39, 0.29) is 47.8 Å². The molecule has 0 bridgehead atoms. The number of nitro benzene ring substituents is 2. The van der Waals surface area contributed by atoms with Crippen LogP contribution in [0.3, 0.4) is 0 Å². The second kappa shape index (κ2) is 8.20. The smallest absolute Gasteiger partial charge is 0.355 e. The minimum absolute atomic E-state index is 0.0825. The number of cyclic esters (lactones) is 1. The molecule has 0 saturated carbocycles. The molecule has 6 rings (SSSR count). The standard InChI is InChI=1S/C26H18N4O8/c1-2-26(38-16-8-6-15(7-9-16)29(33)34)19-11-22-23-14(12-28(22)24(31)18(19)13-37-25(26)32)10-17-20(27-23)4-3-5-21(17)30(35)36/h3-11H,2,12-13H2,1H3/t26-/m0/s1. The topological polar surface area (TPSA) is 157 Å². The maximum Gasteiger partial charge on any atom is 0.355 e. The molecule has 2 aromatic heterocycles. The number of fused-ring (bicyclic) bond motifs is 5. The van der Waals surface area contributed by atoms with Crippen LogP contribution in [0.5, 0.6) is 5.75 Å². The Balaban J connectivity index is 1.52. The van der Waals surface area contributed by atoms with Crippen LogP contribution in [0.25, 0.3) is 22.3 Å². The summed E-state index contributed by atoms with van der Waals surface area (Å²) in [4.78, 5) is 53.0. The van der Waals surface area contributed by atoms with Crippen molar-refractivity contribution in [1.82, 2.24) is 9.55 Å². The molecule has 1 atom stereocenters. The largest absolute Gasteiger partial charge is 0.471 e. The van der Waals surface area contributed by atoms with Crippen LogP contribution in [0.15, 0.2) is 59.4 Å². The van der Waals surface area contributed by atoms with Gasteiger partial charge in [0.05, 0.1) is 44.2 Å². The molecule has 4 aromatic rings. The third-order valence-corrected chi connectivity index (χ3v) is 7.03. The van der Waals surface area contributed by atoms with Crippen LogP contribution >= 0.6 is 0 Å². The first kappa shape index (κ1) is 23.3. The third-order valence-electron chi connectivity index (χ3n) is 7.03. The van der Waals surface area contributed by atoms with Crippen LogP contribution in [0, 0.1) is 20.2 Å². The second-order valence-electron chi connectivity index (χ2n) is 9.02. The van der Waals surface area contributed by atoms with Crippen molar-refractivity contribution in [2.45, 2.75) is 32.1 Å². The van der Waals surface area contributed by atoms with Gasteiger partial charge in [-0.3, -0.25) is 25.0 Å². The molecule has 2 aliphatic heterocycles. The van der Waals surface area contributed by atoms with E-state index in [4.69, 9.17) is 9.47 Å². The molecule has 0 spiro atoms. The van der Waals surface area contributed by atoms with Crippen molar-refractivity contribution < 1.29 is 24.1 Å². The van der Waals surface area contributed by atoms with E-state index in [1.165, 1.54) is 34.9 Å². The summed E-state index contributed by atoms with van der Waals surface area (Å²) in [5.74, 6) is -0.491. The van der Waals surface area contributed by atoms with E-state index in [0.717, 1.165) is 0 Å². The van der Waals surface area contributed by atoms with Gasteiger partial charge in [0, 0.05) is 29.3 Å². The summed E-state index contributed by atoms with van der Waals surface area (Å²) in [5, 5.41) is 22.9. The zero-order valence-electron chi connectivity index (χ0n) is 19.9. The highest BCUT2D eigenvalue weighted by Gasteiger charge is 2.49. The van der Waals surface area contributed by atoms with Gasteiger partial charge in [-0.1, -0.05) is 13.0 Å². The van der Waals surface area contributed by atoms with Crippen molar-refractivity contribution in [1.29, 1.82) is 0 Å². The Bertz CT molecular complexity index is 1760. The molecule has 0 saturated heterocycles. The summed E-state index contributed by atoms with van der Waals surface area (Å²) in [6.45, 7) is 1.63. The lowest BCUT2D eigenvalue weighted by atomic mass is 9.85. The number of nitrogens with zero attached hydrogens (tertiary/aromatic N) is 4. The molecular weight excluding hydrogens is 496 g/mol. The Kier molecular flexibility index (Phi) is 5.02. The summed E-state index contributed by atoms with van der Waals surface area (Å²) in [5.41, 5.74) is 0.288. The number of hydrogen-bond donors (Lipinski definition) is 0. The molecule has 12 heteroatoms. The fourth-order valence-electron chi connectivity index (χ4n) is 5.14. The van der Waals surface area contributed by atoms with Crippen molar-refractivity contribution in [3.63, 3.8) is 0 Å². The number of carbonyl (C=O) groups excluding carboxylic acids is 1. The second-order valence-corrected chi connectivity index (χ2v) is 9.02. The molecule has 0 unspecified atom stereocenters. The Morgan fingerprint density at radius 3 is 2.53 bits per heavy atom. The Morgan fingerprint density at radius 1 is 1.08 bits per heavy atom. The van der Waals surface area contributed by atoms with Crippen molar-refractivity contribution >= 4 is 28.2 Å². The summed E-state index contributed by atoms with van der Waals surface area (Å²) in [6, 6.07) is 13.2. The lowest BCUT2D eigenvalue weighted by Crippen LogP contribution is -2.48. The number of pyridine rings is 2. The Labute approximate surface area is 213 Å². The summed E-state index contributed by atoms with van der Waals surface area (Å²) in [6.07, 6.45) is 0.114. The predicted octanol–water partition coefficient (Wildman–Crippen LogP) is 3.98. The van der Waals surface area contributed by atoms with Crippen LogP contribution in [-0.2, 0) is 28.3 Å². The molecule has 12 nitrogen and oxygen atoms in total. The zero-order chi connectivity index (χ0) is 26.8. The van der Waals surface area contributed by atoms with E-state index in [2.05, 4.69) is 4.98 Å². The highest BCUT2D eigenvalue weighted by molar-refractivity contribution is 5.91. The van der Waals surface area contributed by atoms with Crippen LogP contribution in [-0.4, -0.2) is 25.4 Å². The van der Waals surface area contributed by atoms with Gasteiger partial charge in [-0.05, 0) is 36.8 Å². The van der Waals surface area contributed by atoms with Gasteiger partial charge in [0.2, 0.25) is 5.60 Å². The molecule has 4 heterocycles. The highest BCUT2D eigenvalue weighted by atomic mass is 16.6. The summed E-state index contributed by atoms with van der Waals surface area (Å²) < 4.78 is 13.0. The number of nitro groups is 2. The van der Waals surface area contributed by atoms with Gasteiger partial charge in [0.15, 0.2) is 0 Å². The predicted molar refractivity (Wildman–Crippen MR) is 133 cm³/mol. The molecule has 190 valence electrons. The monoisotopic (exact) mass is 514 g/mol. The Morgan fingerprint density at radius 2 is 1.84 bits per heavy atom. The van der Waals surface area contributed by atoms with Crippen LogP contribution in [0.2, 0.25) is 0 Å². The van der Waals surface area contributed by atoms with Crippen molar-refractivity contribution in [3.05, 3.63) is 102 Å². The van der Waals surface area contributed by atoms with Crippen molar-refractivity contribution in [3.8, 4) is 17.1 Å². The molecule has 2 aromatic carbocycles. The number of aromatic nitrogens is 2. The fraction of sp³-hybridized carbons (Fsp3) is 0.192. The molecule has 0 amide bonds. The van der Waals surface area contributed by atoms with Gasteiger partial charge >= 0.3 is 5.97 Å². The first-order chi connectivity index (χ1) is 18.2. The van der Waals surface area contributed by atoms with Gasteiger partial charge in [-0.2, -0.15) is 0 Å². The Hall–Kier alpha value is -5.13. The van der Waals surface area contributed by atoms with Crippen LogP contribution < -0.4 is 10.3 Å². The maximum atomic E-state index is 13.6. The lowest BCUT2D eigenvalue weighted by Gasteiger charge is -2.36. The third kappa shape index (κ3) is 3.26. The summed E-state index contributed by atoms with van der Waals surface area (Å²) >= 11 is 0. The SMILES string of the molecule is CC[C@@]1(Oc2ccc([N+](=O)[O-])cc2)C(=O)OCc2c1cc1n(c2=O)Cc2cc3c([N+](=O)[O-])cccc3nc2-1. The van der Waals surface area contributed by atoms with Crippen LogP contribution in [0.1, 0.15) is 30.0 Å². The van der Waals surface area contributed by atoms with Gasteiger partial charge in [0.1, 0.15) is 12.4 Å². The first-order valence-corrected chi connectivity index (χ1v) is 11.7. The average Bonchev–Trinajstić information content (AvgIpc) is 3.27. The molecule has 0 aliphatic carbocycles. The molecule has 38 heavy (non-hydrogen) atoms. The fourth-order valence-corrected chi connectivity index (χ4v) is 5.14. The average molecular weight is 514 g/mol. The number of hydrogen-bond acceptors (Lipinski definition) is 9. The minimum Gasteiger partial charge on any atom is -0.471 e. The quantitative estimate of drug-likeness (QED) is 0.192. The maximum absolute atomic E-state index is 13.6.